The largest absolute Gasteiger partial charge is 0.293 e. The quantitative estimate of drug-likeness (QED) is 0.357. The van der Waals surface area contributed by atoms with E-state index in [-0.39, 0.29) is 5.56 Å². The van der Waals surface area contributed by atoms with Gasteiger partial charge in [0.2, 0.25) is 0 Å². The Morgan fingerprint density at radius 2 is 1.73 bits per heavy atom. The average Bonchev–Trinajstić information content (AvgIpc) is 3.36. The minimum atomic E-state index is -0.0131. The number of benzene rings is 2. The lowest BCUT2D eigenvalue weighted by Crippen LogP contribution is -2.21. The Hall–Kier alpha value is -3.09. The molecule has 0 N–H and O–H groups in total. The monoisotopic (exact) mass is 429 g/mol. The molecule has 0 saturated heterocycles. The zero-order valence-electron chi connectivity index (χ0n) is 16.6. The lowest BCUT2D eigenvalue weighted by atomic mass is 10.1. The van der Waals surface area contributed by atoms with E-state index >= 15 is 0 Å². The first-order chi connectivity index (χ1) is 14.6. The van der Waals surface area contributed by atoms with Crippen LogP contribution in [0.5, 0.6) is 0 Å². The standard InChI is InChI=1S/C24H19N3OS2/c1-15-8-10-18(11-9-15)22-26-19(13-29-22)12-27-14-25-23-20(24(27)28)16(2)21(30-23)17-6-4-3-5-7-17/h3-11,13-14H,12H2,1-2H3. The highest BCUT2D eigenvalue weighted by molar-refractivity contribution is 7.22. The van der Waals surface area contributed by atoms with Crippen LogP contribution in [0.2, 0.25) is 0 Å². The Morgan fingerprint density at radius 3 is 2.50 bits per heavy atom. The maximum atomic E-state index is 13.2. The number of thiazole rings is 1. The molecule has 0 fully saturated rings. The fraction of sp³-hybridized carbons (Fsp3) is 0.125. The highest BCUT2D eigenvalue weighted by Crippen LogP contribution is 2.35. The molecule has 0 amide bonds. The van der Waals surface area contributed by atoms with Crippen molar-refractivity contribution in [1.82, 2.24) is 14.5 Å². The maximum Gasteiger partial charge on any atom is 0.262 e. The van der Waals surface area contributed by atoms with E-state index in [9.17, 15) is 4.79 Å². The summed E-state index contributed by atoms with van der Waals surface area (Å²) in [6.07, 6.45) is 1.64. The van der Waals surface area contributed by atoms with Gasteiger partial charge in [-0.05, 0) is 25.0 Å². The van der Waals surface area contributed by atoms with Gasteiger partial charge in [0.15, 0.2) is 0 Å². The van der Waals surface area contributed by atoms with Crippen LogP contribution >= 0.6 is 22.7 Å². The molecule has 4 nitrogen and oxygen atoms in total. The average molecular weight is 430 g/mol. The first kappa shape index (κ1) is 18.9. The predicted octanol–water partition coefficient (Wildman–Crippen LogP) is 5.91. The fourth-order valence-corrected chi connectivity index (χ4v) is 5.48. The molecule has 0 aliphatic rings. The fourth-order valence-electron chi connectivity index (χ4n) is 3.52. The van der Waals surface area contributed by atoms with Crippen LogP contribution in [0, 0.1) is 13.8 Å². The number of thiophene rings is 1. The van der Waals surface area contributed by atoms with Crippen LogP contribution in [0.1, 0.15) is 16.8 Å². The number of aryl methyl sites for hydroxylation is 2. The third-order valence-corrected chi connectivity index (χ3v) is 7.32. The van der Waals surface area contributed by atoms with E-state index in [1.165, 1.54) is 5.56 Å². The molecule has 2 aromatic carbocycles. The number of nitrogens with zero attached hydrogens (tertiary/aromatic N) is 3. The second-order valence-corrected chi connectivity index (χ2v) is 9.15. The van der Waals surface area contributed by atoms with Gasteiger partial charge in [0.1, 0.15) is 9.84 Å². The Balaban J connectivity index is 1.50. The third-order valence-electron chi connectivity index (χ3n) is 5.14. The summed E-state index contributed by atoms with van der Waals surface area (Å²) in [6, 6.07) is 18.5. The lowest BCUT2D eigenvalue weighted by molar-refractivity contribution is 0.735. The normalized spacial score (nSPS) is 11.3. The van der Waals surface area contributed by atoms with Crippen molar-refractivity contribution in [2.75, 3.05) is 0 Å². The van der Waals surface area contributed by atoms with Crippen LogP contribution in [-0.2, 0) is 6.54 Å². The number of rotatable bonds is 4. The van der Waals surface area contributed by atoms with Crippen LogP contribution in [0.25, 0.3) is 31.2 Å². The molecule has 5 rings (SSSR count). The smallest absolute Gasteiger partial charge is 0.262 e. The summed E-state index contributed by atoms with van der Waals surface area (Å²) in [5.74, 6) is 0. The molecular formula is C24H19N3OS2. The number of aromatic nitrogens is 3. The molecule has 0 bridgehead atoms. The third kappa shape index (κ3) is 3.38. The van der Waals surface area contributed by atoms with Crippen molar-refractivity contribution in [3.05, 3.63) is 93.5 Å². The van der Waals surface area contributed by atoms with Gasteiger partial charge >= 0.3 is 0 Å². The van der Waals surface area contributed by atoms with E-state index in [1.807, 2.05) is 30.5 Å². The molecule has 3 aromatic heterocycles. The molecule has 30 heavy (non-hydrogen) atoms. The highest BCUT2D eigenvalue weighted by atomic mass is 32.1. The van der Waals surface area contributed by atoms with Crippen molar-refractivity contribution in [3.8, 4) is 21.0 Å². The molecule has 0 spiro atoms. The van der Waals surface area contributed by atoms with Crippen molar-refractivity contribution < 1.29 is 0 Å². The molecule has 0 radical (unpaired) electrons. The molecule has 3 heterocycles. The minimum Gasteiger partial charge on any atom is -0.293 e. The molecule has 0 aliphatic heterocycles. The van der Waals surface area contributed by atoms with Crippen molar-refractivity contribution in [3.63, 3.8) is 0 Å². The highest BCUT2D eigenvalue weighted by Gasteiger charge is 2.16. The first-order valence-corrected chi connectivity index (χ1v) is 11.3. The van der Waals surface area contributed by atoms with Gasteiger partial charge in [-0.2, -0.15) is 0 Å². The number of hydrogen-bond donors (Lipinski definition) is 0. The lowest BCUT2D eigenvalue weighted by Gasteiger charge is -2.03. The van der Waals surface area contributed by atoms with Crippen LogP contribution in [-0.4, -0.2) is 14.5 Å². The molecule has 0 saturated carbocycles. The second-order valence-electron chi connectivity index (χ2n) is 7.29. The van der Waals surface area contributed by atoms with Gasteiger partial charge in [0.25, 0.3) is 5.56 Å². The van der Waals surface area contributed by atoms with Gasteiger partial charge < -0.3 is 0 Å². The topological polar surface area (TPSA) is 47.8 Å². The molecule has 0 atom stereocenters. The van der Waals surface area contributed by atoms with E-state index in [0.717, 1.165) is 37.1 Å². The summed E-state index contributed by atoms with van der Waals surface area (Å²) in [5.41, 5.74) is 5.29. The zero-order chi connectivity index (χ0) is 20.7. The van der Waals surface area contributed by atoms with Gasteiger partial charge in [0, 0.05) is 15.8 Å². The Morgan fingerprint density at radius 1 is 0.967 bits per heavy atom. The van der Waals surface area contributed by atoms with Crippen molar-refractivity contribution in [2.24, 2.45) is 0 Å². The minimum absolute atomic E-state index is 0.0131. The second kappa shape index (κ2) is 7.63. The van der Waals surface area contributed by atoms with Gasteiger partial charge in [-0.15, -0.1) is 22.7 Å². The summed E-state index contributed by atoms with van der Waals surface area (Å²) in [6.45, 7) is 4.50. The maximum absolute atomic E-state index is 13.2. The Labute approximate surface area is 182 Å². The number of hydrogen-bond acceptors (Lipinski definition) is 5. The van der Waals surface area contributed by atoms with Crippen molar-refractivity contribution in [1.29, 1.82) is 0 Å². The van der Waals surface area contributed by atoms with Crippen molar-refractivity contribution >= 4 is 32.9 Å². The van der Waals surface area contributed by atoms with Gasteiger partial charge in [-0.25, -0.2) is 9.97 Å². The zero-order valence-corrected chi connectivity index (χ0v) is 18.3. The molecule has 0 unspecified atom stereocenters. The first-order valence-electron chi connectivity index (χ1n) is 9.65. The molecule has 148 valence electrons. The van der Waals surface area contributed by atoms with Gasteiger partial charge in [-0.1, -0.05) is 60.2 Å². The molecular weight excluding hydrogens is 410 g/mol. The predicted molar refractivity (Wildman–Crippen MR) is 125 cm³/mol. The Bertz CT molecular complexity index is 1400. The van der Waals surface area contributed by atoms with E-state index in [0.29, 0.717) is 11.9 Å². The summed E-state index contributed by atoms with van der Waals surface area (Å²) in [7, 11) is 0. The molecule has 5 aromatic rings. The summed E-state index contributed by atoms with van der Waals surface area (Å²) in [4.78, 5) is 24.4. The summed E-state index contributed by atoms with van der Waals surface area (Å²) >= 11 is 3.17. The SMILES string of the molecule is Cc1ccc(-c2nc(Cn3cnc4sc(-c5ccccc5)c(C)c4c3=O)cs2)cc1. The van der Waals surface area contributed by atoms with E-state index in [2.05, 4.69) is 48.3 Å². The summed E-state index contributed by atoms with van der Waals surface area (Å²) in [5, 5.41) is 3.68. The van der Waals surface area contributed by atoms with Crippen LogP contribution in [0.4, 0.5) is 0 Å². The van der Waals surface area contributed by atoms with E-state index < -0.39 is 0 Å². The molecule has 6 heteroatoms. The van der Waals surface area contributed by atoms with Crippen LogP contribution < -0.4 is 5.56 Å². The number of fused-ring (bicyclic) bond motifs is 1. The van der Waals surface area contributed by atoms with Crippen molar-refractivity contribution in [2.45, 2.75) is 20.4 Å². The van der Waals surface area contributed by atoms with Crippen LogP contribution in [0.3, 0.4) is 0 Å². The van der Waals surface area contributed by atoms with Gasteiger partial charge in [0.05, 0.1) is 24.0 Å². The summed E-state index contributed by atoms with van der Waals surface area (Å²) < 4.78 is 1.66. The van der Waals surface area contributed by atoms with Gasteiger partial charge in [-0.3, -0.25) is 9.36 Å². The van der Waals surface area contributed by atoms with E-state index in [1.54, 1.807) is 33.6 Å². The molecule has 0 aliphatic carbocycles. The Kier molecular flexibility index (Phi) is 4.81. The van der Waals surface area contributed by atoms with E-state index in [4.69, 9.17) is 4.98 Å². The van der Waals surface area contributed by atoms with Crippen LogP contribution in [0.15, 0.2) is 71.1 Å².